The zero-order chi connectivity index (χ0) is 18.2. The number of hydrogen-bond donors (Lipinski definition) is 2. The molecule has 5 nitrogen and oxygen atoms in total. The van der Waals surface area contributed by atoms with Crippen LogP contribution in [0.15, 0.2) is 48.5 Å². The monoisotopic (exact) mass is 343 g/mol. The largest absolute Gasteiger partial charge is 0.495 e. The van der Waals surface area contributed by atoms with Gasteiger partial charge in [-0.2, -0.15) is 0 Å². The Morgan fingerprint density at radius 2 is 1.88 bits per heavy atom. The van der Waals surface area contributed by atoms with Gasteiger partial charge in [-0.25, -0.2) is 0 Å². The Morgan fingerprint density at radius 3 is 2.52 bits per heavy atom. The van der Waals surface area contributed by atoms with E-state index in [1.807, 2.05) is 67.7 Å². The molecule has 2 aromatic rings. The smallest absolute Gasteiger partial charge is 0.287 e. The van der Waals surface area contributed by atoms with Gasteiger partial charge in [-0.05, 0) is 31.5 Å². The Balaban J connectivity index is 2.25. The van der Waals surface area contributed by atoms with Crippen LogP contribution in [0.4, 0.5) is 5.69 Å². The lowest BCUT2D eigenvalue weighted by Gasteiger charge is -2.20. The predicted molar refractivity (Wildman–Crippen MR) is 98.8 cm³/mol. The van der Waals surface area contributed by atoms with Crippen LogP contribution < -0.4 is 15.4 Å². The second kappa shape index (κ2) is 9.20. The van der Waals surface area contributed by atoms with Crippen molar-refractivity contribution in [3.05, 3.63) is 59.7 Å². The van der Waals surface area contributed by atoms with Crippen LogP contribution in [-0.2, 0) is 9.53 Å². The fourth-order valence-electron chi connectivity index (χ4n) is 2.79. The Kier molecular flexibility index (Phi) is 6.98. The lowest BCUT2D eigenvalue weighted by Crippen LogP contribution is -2.92. The molecule has 0 aliphatic carbocycles. The maximum atomic E-state index is 13.0. The number of methoxy groups -OCH3 is 2. The molecule has 0 aliphatic heterocycles. The third-order valence-corrected chi connectivity index (χ3v) is 4.00. The topological polar surface area (TPSA) is 64.2 Å². The number of carbonyl (C=O) groups excluding carboxylic acids is 1. The SMILES string of the molecule is COC[C@H](C)[NH2+][C@@H](C(=O)Nc1cc(C)ccc1OC)c1ccccc1. The van der Waals surface area contributed by atoms with E-state index in [1.54, 1.807) is 14.2 Å². The van der Waals surface area contributed by atoms with Gasteiger partial charge in [0.1, 0.15) is 11.8 Å². The van der Waals surface area contributed by atoms with E-state index in [0.717, 1.165) is 11.1 Å². The second-order valence-electron chi connectivity index (χ2n) is 6.21. The van der Waals surface area contributed by atoms with Gasteiger partial charge in [0, 0.05) is 12.7 Å². The number of amides is 1. The van der Waals surface area contributed by atoms with Crippen molar-refractivity contribution in [1.82, 2.24) is 0 Å². The number of anilines is 1. The summed E-state index contributed by atoms with van der Waals surface area (Å²) in [6.45, 7) is 4.60. The molecule has 0 heterocycles. The summed E-state index contributed by atoms with van der Waals surface area (Å²) in [4.78, 5) is 13.0. The predicted octanol–water partition coefficient (Wildman–Crippen LogP) is 2.28. The first kappa shape index (κ1) is 19.0. The van der Waals surface area contributed by atoms with Crippen molar-refractivity contribution in [2.75, 3.05) is 26.1 Å². The summed E-state index contributed by atoms with van der Waals surface area (Å²) < 4.78 is 10.6. The molecule has 0 aromatic heterocycles. The van der Waals surface area contributed by atoms with Gasteiger partial charge >= 0.3 is 0 Å². The Labute approximate surface area is 149 Å². The van der Waals surface area contributed by atoms with Gasteiger partial charge < -0.3 is 20.1 Å². The average Bonchev–Trinajstić information content (AvgIpc) is 2.61. The van der Waals surface area contributed by atoms with E-state index in [0.29, 0.717) is 18.0 Å². The van der Waals surface area contributed by atoms with Crippen LogP contribution >= 0.6 is 0 Å². The zero-order valence-electron chi connectivity index (χ0n) is 15.3. The third-order valence-electron chi connectivity index (χ3n) is 4.00. The fourth-order valence-corrected chi connectivity index (χ4v) is 2.79. The standard InChI is InChI=1S/C20H26N2O3/c1-14-10-11-18(25-4)17(12-14)22-20(23)19(21-15(2)13-24-3)16-8-6-5-7-9-16/h5-12,15,19,21H,13H2,1-4H3,(H,22,23)/p+1/t15-,19+/m0/s1. The lowest BCUT2D eigenvalue weighted by atomic mass is 10.0. The van der Waals surface area contributed by atoms with E-state index in [1.165, 1.54) is 0 Å². The van der Waals surface area contributed by atoms with Crippen LogP contribution in [0, 0.1) is 6.92 Å². The number of rotatable bonds is 8. The first-order valence-corrected chi connectivity index (χ1v) is 8.39. The van der Waals surface area contributed by atoms with Crippen molar-refractivity contribution >= 4 is 11.6 Å². The molecule has 3 N–H and O–H groups in total. The minimum atomic E-state index is -0.364. The average molecular weight is 343 g/mol. The van der Waals surface area contributed by atoms with E-state index < -0.39 is 0 Å². The highest BCUT2D eigenvalue weighted by Crippen LogP contribution is 2.26. The maximum absolute atomic E-state index is 13.0. The molecule has 2 atom stereocenters. The van der Waals surface area contributed by atoms with Crippen LogP contribution in [0.1, 0.15) is 24.1 Å². The van der Waals surface area contributed by atoms with Gasteiger partial charge in [-0.1, -0.05) is 36.4 Å². The van der Waals surface area contributed by atoms with E-state index in [4.69, 9.17) is 9.47 Å². The van der Waals surface area contributed by atoms with Gasteiger partial charge in [0.05, 0.1) is 19.4 Å². The maximum Gasteiger partial charge on any atom is 0.287 e. The molecule has 0 spiro atoms. The minimum absolute atomic E-state index is 0.0851. The number of quaternary nitrogens is 1. The first-order valence-electron chi connectivity index (χ1n) is 8.39. The summed E-state index contributed by atoms with van der Waals surface area (Å²) in [7, 11) is 3.27. The molecule has 25 heavy (non-hydrogen) atoms. The molecular weight excluding hydrogens is 316 g/mol. The second-order valence-corrected chi connectivity index (χ2v) is 6.21. The van der Waals surface area contributed by atoms with Gasteiger partial charge in [-0.3, -0.25) is 4.79 Å². The van der Waals surface area contributed by atoms with Gasteiger partial charge in [-0.15, -0.1) is 0 Å². The van der Waals surface area contributed by atoms with Crippen LogP contribution in [0.25, 0.3) is 0 Å². The Hall–Kier alpha value is -2.37. The summed E-state index contributed by atoms with van der Waals surface area (Å²) in [5, 5.41) is 5.04. The van der Waals surface area contributed by atoms with Crippen LogP contribution in [-0.4, -0.2) is 32.8 Å². The van der Waals surface area contributed by atoms with Gasteiger partial charge in [0.2, 0.25) is 0 Å². The molecule has 0 bridgehead atoms. The van der Waals surface area contributed by atoms with Crippen LogP contribution in [0.3, 0.4) is 0 Å². The van der Waals surface area contributed by atoms with Crippen LogP contribution in [0.5, 0.6) is 5.75 Å². The Bertz CT molecular complexity index is 689. The van der Waals surface area contributed by atoms with Crippen molar-refractivity contribution in [2.24, 2.45) is 0 Å². The summed E-state index contributed by atoms with van der Waals surface area (Å²) >= 11 is 0. The number of nitrogens with two attached hydrogens (primary N) is 1. The molecule has 2 aromatic carbocycles. The molecule has 0 saturated carbocycles. The molecule has 1 amide bonds. The van der Waals surface area contributed by atoms with Gasteiger partial charge in [0.25, 0.3) is 5.91 Å². The molecule has 0 saturated heterocycles. The number of ether oxygens (including phenoxy) is 2. The lowest BCUT2D eigenvalue weighted by molar-refractivity contribution is -0.713. The van der Waals surface area contributed by atoms with Crippen molar-refractivity contribution in [2.45, 2.75) is 25.9 Å². The molecule has 5 heteroatoms. The molecule has 134 valence electrons. The quantitative estimate of drug-likeness (QED) is 0.773. The molecule has 0 fully saturated rings. The molecule has 2 rings (SSSR count). The number of carbonyl (C=O) groups is 1. The Morgan fingerprint density at radius 1 is 1.16 bits per heavy atom. The van der Waals surface area contributed by atoms with E-state index in [-0.39, 0.29) is 18.0 Å². The summed E-state index contributed by atoms with van der Waals surface area (Å²) in [6, 6.07) is 15.3. The van der Waals surface area contributed by atoms with Crippen molar-refractivity contribution in [3.8, 4) is 5.75 Å². The number of nitrogens with one attached hydrogen (secondary N) is 1. The number of hydrogen-bond acceptors (Lipinski definition) is 3. The van der Waals surface area contributed by atoms with Crippen LogP contribution in [0.2, 0.25) is 0 Å². The zero-order valence-corrected chi connectivity index (χ0v) is 15.3. The molecular formula is C20H27N2O3+. The summed E-state index contributed by atoms with van der Waals surface area (Å²) in [5.41, 5.74) is 2.69. The van der Waals surface area contributed by atoms with E-state index in [2.05, 4.69) is 5.32 Å². The van der Waals surface area contributed by atoms with E-state index in [9.17, 15) is 4.79 Å². The van der Waals surface area contributed by atoms with Gasteiger partial charge in [0.15, 0.2) is 6.04 Å². The van der Waals surface area contributed by atoms with Crippen molar-refractivity contribution in [1.29, 1.82) is 0 Å². The third kappa shape index (κ3) is 5.31. The first-order chi connectivity index (χ1) is 12.0. The molecule has 0 radical (unpaired) electrons. The highest BCUT2D eigenvalue weighted by atomic mass is 16.5. The van der Waals surface area contributed by atoms with Crippen molar-refractivity contribution < 1.29 is 19.6 Å². The van der Waals surface area contributed by atoms with E-state index >= 15 is 0 Å². The highest BCUT2D eigenvalue weighted by molar-refractivity contribution is 5.95. The number of aryl methyl sites for hydroxylation is 1. The van der Waals surface area contributed by atoms with Crippen molar-refractivity contribution in [3.63, 3.8) is 0 Å². The fraction of sp³-hybridized carbons (Fsp3) is 0.350. The summed E-state index contributed by atoms with van der Waals surface area (Å²) in [6.07, 6.45) is 0. The normalized spacial score (nSPS) is 13.1. The minimum Gasteiger partial charge on any atom is -0.495 e. The number of benzene rings is 2. The summed E-state index contributed by atoms with van der Waals surface area (Å²) in [5.74, 6) is 0.564. The molecule has 0 unspecified atom stereocenters. The molecule has 0 aliphatic rings. The highest BCUT2D eigenvalue weighted by Gasteiger charge is 2.27.